The van der Waals surface area contributed by atoms with Gasteiger partial charge in [0.2, 0.25) is 0 Å². The molecule has 7 heteroatoms. The molecule has 1 aliphatic heterocycles. The average Bonchev–Trinajstić information content (AvgIpc) is 3.19. The lowest BCUT2D eigenvalue weighted by molar-refractivity contribution is 0.0759. The zero-order valence-electron chi connectivity index (χ0n) is 15.5. The van der Waals surface area contributed by atoms with Gasteiger partial charge < -0.3 is 14.8 Å². The van der Waals surface area contributed by atoms with E-state index in [1.54, 1.807) is 23.3 Å². The number of anilines is 1. The Balaban J connectivity index is 1.28. The zero-order chi connectivity index (χ0) is 19.6. The lowest BCUT2D eigenvalue weighted by atomic mass is 10.1. The quantitative estimate of drug-likeness (QED) is 0.581. The molecule has 1 aliphatic rings. The summed E-state index contributed by atoms with van der Waals surface area (Å²) in [5.74, 6) is 1.21. The molecule has 0 aliphatic carbocycles. The fourth-order valence-electron chi connectivity index (χ4n) is 3.38. The number of fused-ring (bicyclic) bond motifs is 2. The lowest BCUT2D eigenvalue weighted by Crippen LogP contribution is -2.33. The molecule has 1 amide bonds. The van der Waals surface area contributed by atoms with Crippen LogP contribution in [0.25, 0.3) is 10.8 Å². The number of carbonyl (C=O) groups is 1. The Morgan fingerprint density at radius 1 is 1.10 bits per heavy atom. The number of hydrogen-bond donors (Lipinski definition) is 1. The van der Waals surface area contributed by atoms with Crippen molar-refractivity contribution in [2.45, 2.75) is 12.6 Å². The number of rotatable bonds is 4. The molecule has 3 heterocycles. The van der Waals surface area contributed by atoms with Crippen molar-refractivity contribution in [3.63, 3.8) is 0 Å². The van der Waals surface area contributed by atoms with Crippen LogP contribution >= 0.6 is 0 Å². The molecule has 5 rings (SSSR count). The molecule has 1 N–H and O–H groups in total. The van der Waals surface area contributed by atoms with Gasteiger partial charge in [-0.3, -0.25) is 14.5 Å². The standard InChI is InChI=1S/C22H18N4O3/c27-22(21-18-6-2-1-5-15(18)9-10-23-21)25-16-11-24-26(12-16)13-17-14-28-19-7-3-4-8-20(19)29-17/h1-12,17H,13-14H2,(H,25,27). The number of hydrogen-bond acceptors (Lipinski definition) is 5. The van der Waals surface area contributed by atoms with Gasteiger partial charge >= 0.3 is 0 Å². The number of nitrogens with zero attached hydrogens (tertiary/aromatic N) is 3. The SMILES string of the molecule is O=C(Nc1cnn(CC2COc3ccccc3O2)c1)c1nccc2ccccc12. The van der Waals surface area contributed by atoms with Crippen LogP contribution in [-0.2, 0) is 6.54 Å². The maximum atomic E-state index is 12.7. The van der Waals surface area contributed by atoms with E-state index in [0.717, 1.165) is 22.3 Å². The third kappa shape index (κ3) is 3.50. The van der Waals surface area contributed by atoms with Gasteiger partial charge in [-0.05, 0) is 23.6 Å². The Kier molecular flexibility index (Phi) is 4.32. The van der Waals surface area contributed by atoms with Crippen LogP contribution < -0.4 is 14.8 Å². The third-order valence-corrected chi connectivity index (χ3v) is 4.74. The van der Waals surface area contributed by atoms with Gasteiger partial charge in [0, 0.05) is 17.8 Å². The van der Waals surface area contributed by atoms with Gasteiger partial charge in [-0.25, -0.2) is 0 Å². The van der Waals surface area contributed by atoms with E-state index >= 15 is 0 Å². The minimum absolute atomic E-state index is 0.159. The Hall–Kier alpha value is -3.87. The fraction of sp³-hybridized carbons (Fsp3) is 0.136. The predicted molar refractivity (Wildman–Crippen MR) is 108 cm³/mol. The second-order valence-electron chi connectivity index (χ2n) is 6.78. The summed E-state index contributed by atoms with van der Waals surface area (Å²) in [5.41, 5.74) is 0.985. The van der Waals surface area contributed by atoms with E-state index in [1.165, 1.54) is 0 Å². The van der Waals surface area contributed by atoms with Gasteiger partial charge in [0.05, 0.1) is 18.4 Å². The number of ether oxygens (including phenoxy) is 2. The first-order chi connectivity index (χ1) is 14.3. The highest BCUT2D eigenvalue weighted by molar-refractivity contribution is 6.11. The van der Waals surface area contributed by atoms with Gasteiger partial charge in [0.25, 0.3) is 5.91 Å². The van der Waals surface area contributed by atoms with E-state index in [-0.39, 0.29) is 12.0 Å². The van der Waals surface area contributed by atoms with Crippen molar-refractivity contribution in [3.8, 4) is 11.5 Å². The molecule has 2 aromatic carbocycles. The molecule has 29 heavy (non-hydrogen) atoms. The maximum absolute atomic E-state index is 12.7. The van der Waals surface area contributed by atoms with Gasteiger partial charge in [0.1, 0.15) is 12.3 Å². The first-order valence-corrected chi connectivity index (χ1v) is 9.32. The molecule has 0 fully saturated rings. The van der Waals surface area contributed by atoms with Gasteiger partial charge in [-0.2, -0.15) is 5.10 Å². The summed E-state index contributed by atoms with van der Waals surface area (Å²) in [7, 11) is 0. The molecule has 144 valence electrons. The summed E-state index contributed by atoms with van der Waals surface area (Å²) in [4.78, 5) is 17.0. The van der Waals surface area contributed by atoms with Crippen LogP contribution in [0.1, 0.15) is 10.5 Å². The van der Waals surface area contributed by atoms with Crippen LogP contribution in [0.2, 0.25) is 0 Å². The van der Waals surface area contributed by atoms with E-state index in [4.69, 9.17) is 9.47 Å². The van der Waals surface area contributed by atoms with Crippen LogP contribution in [0, 0.1) is 0 Å². The molecular formula is C22H18N4O3. The average molecular weight is 386 g/mol. The molecule has 4 aromatic rings. The molecule has 0 spiro atoms. The number of nitrogens with one attached hydrogen (secondary N) is 1. The van der Waals surface area contributed by atoms with Gasteiger partial charge in [0.15, 0.2) is 17.6 Å². The zero-order valence-corrected chi connectivity index (χ0v) is 15.5. The molecule has 1 unspecified atom stereocenters. The van der Waals surface area contributed by atoms with E-state index < -0.39 is 0 Å². The second-order valence-corrected chi connectivity index (χ2v) is 6.78. The Bertz CT molecular complexity index is 1180. The van der Waals surface area contributed by atoms with E-state index in [2.05, 4.69) is 15.4 Å². The Morgan fingerprint density at radius 2 is 1.93 bits per heavy atom. The van der Waals surface area contributed by atoms with E-state index in [0.29, 0.717) is 24.5 Å². The highest BCUT2D eigenvalue weighted by Crippen LogP contribution is 2.31. The summed E-state index contributed by atoms with van der Waals surface area (Å²) in [6, 6.07) is 17.1. The molecule has 0 saturated carbocycles. The van der Waals surface area contributed by atoms with Crippen LogP contribution in [0.3, 0.4) is 0 Å². The number of carbonyl (C=O) groups excluding carboxylic acids is 1. The van der Waals surface area contributed by atoms with Crippen LogP contribution in [0.15, 0.2) is 73.2 Å². The van der Waals surface area contributed by atoms with Crippen molar-refractivity contribution < 1.29 is 14.3 Å². The number of amides is 1. The van der Waals surface area contributed by atoms with Crippen LogP contribution in [0.5, 0.6) is 11.5 Å². The highest BCUT2D eigenvalue weighted by Gasteiger charge is 2.21. The summed E-state index contributed by atoms with van der Waals surface area (Å²) >= 11 is 0. The number of aromatic nitrogens is 3. The predicted octanol–water partition coefficient (Wildman–Crippen LogP) is 3.52. The molecule has 7 nitrogen and oxygen atoms in total. The Labute approximate surface area is 166 Å². The fourth-order valence-corrected chi connectivity index (χ4v) is 3.38. The summed E-state index contributed by atoms with van der Waals surface area (Å²) in [6.45, 7) is 0.954. The molecule has 1 atom stereocenters. The normalized spacial score (nSPS) is 15.2. The maximum Gasteiger partial charge on any atom is 0.274 e. The first kappa shape index (κ1) is 17.2. The highest BCUT2D eigenvalue weighted by atomic mass is 16.6. The van der Waals surface area contributed by atoms with Crippen molar-refractivity contribution in [1.29, 1.82) is 0 Å². The summed E-state index contributed by atoms with van der Waals surface area (Å²) in [6.07, 6.45) is 4.86. The van der Waals surface area contributed by atoms with Gasteiger partial charge in [-0.15, -0.1) is 0 Å². The monoisotopic (exact) mass is 386 g/mol. The van der Waals surface area contributed by atoms with Crippen molar-refractivity contribution in [2.75, 3.05) is 11.9 Å². The number of para-hydroxylation sites is 2. The third-order valence-electron chi connectivity index (χ3n) is 4.74. The lowest BCUT2D eigenvalue weighted by Gasteiger charge is -2.26. The number of benzene rings is 2. The smallest absolute Gasteiger partial charge is 0.274 e. The van der Waals surface area contributed by atoms with Gasteiger partial charge in [-0.1, -0.05) is 36.4 Å². The molecule has 0 saturated heterocycles. The molecule has 0 radical (unpaired) electrons. The number of pyridine rings is 1. The van der Waals surface area contributed by atoms with Crippen molar-refractivity contribution in [3.05, 3.63) is 78.9 Å². The van der Waals surface area contributed by atoms with E-state index in [9.17, 15) is 4.79 Å². The molecule has 2 aromatic heterocycles. The second kappa shape index (κ2) is 7.27. The van der Waals surface area contributed by atoms with E-state index in [1.807, 2.05) is 54.6 Å². The minimum Gasteiger partial charge on any atom is -0.486 e. The molecule has 0 bridgehead atoms. The first-order valence-electron chi connectivity index (χ1n) is 9.32. The molecular weight excluding hydrogens is 368 g/mol. The topological polar surface area (TPSA) is 78.3 Å². The van der Waals surface area contributed by atoms with Crippen molar-refractivity contribution in [2.24, 2.45) is 0 Å². The summed E-state index contributed by atoms with van der Waals surface area (Å²) < 4.78 is 13.4. The van der Waals surface area contributed by atoms with Crippen molar-refractivity contribution in [1.82, 2.24) is 14.8 Å². The minimum atomic E-state index is -0.271. The largest absolute Gasteiger partial charge is 0.486 e. The van der Waals surface area contributed by atoms with Crippen LogP contribution in [0.4, 0.5) is 5.69 Å². The van der Waals surface area contributed by atoms with Crippen LogP contribution in [-0.4, -0.2) is 33.4 Å². The Morgan fingerprint density at radius 3 is 2.86 bits per heavy atom. The summed E-state index contributed by atoms with van der Waals surface area (Å²) in [5, 5.41) is 8.97. The van der Waals surface area contributed by atoms with Crippen molar-refractivity contribution >= 4 is 22.4 Å².